The number of rotatable bonds is 0. The molecule has 0 amide bonds. The van der Waals surface area contributed by atoms with E-state index in [0.29, 0.717) is 0 Å². The zero-order valence-electron chi connectivity index (χ0n) is 3.16. The molecule has 1 atom stereocenters. The van der Waals surface area contributed by atoms with Gasteiger partial charge in [0.15, 0.2) is 0 Å². The van der Waals surface area contributed by atoms with Crippen LogP contribution in [0.4, 0.5) is 23.5 Å². The second-order valence-electron chi connectivity index (χ2n) is 0. The highest BCUT2D eigenvalue weighted by molar-refractivity contribution is 6.92. The van der Waals surface area contributed by atoms with E-state index in [0.717, 1.165) is 0 Å². The summed E-state index contributed by atoms with van der Waals surface area (Å²) in [7, 11) is 0. The van der Waals surface area contributed by atoms with Gasteiger partial charge in [-0.2, -0.15) is 9.90 Å². The molecule has 7 heavy (non-hydrogen) atoms. The summed E-state index contributed by atoms with van der Waals surface area (Å²) in [4.78, 5) is 0. The van der Waals surface area contributed by atoms with Crippen molar-refractivity contribution in [1.29, 1.82) is 0 Å². The van der Waals surface area contributed by atoms with Crippen molar-refractivity contribution < 1.29 is 23.5 Å². The summed E-state index contributed by atoms with van der Waals surface area (Å²) in [5.41, 5.74) is 0. The molecule has 1 unspecified atom stereocenters. The van der Waals surface area contributed by atoms with E-state index in [9.17, 15) is 0 Å². The van der Waals surface area contributed by atoms with Crippen LogP contribution in [0.5, 0.6) is 0 Å². The van der Waals surface area contributed by atoms with E-state index < -0.39 is 0 Å². The predicted octanol–water partition coefficient (Wildman–Crippen LogP) is 1.24. The first kappa shape index (κ1) is 2180. The normalized spacial score (nSPS) is 0. The van der Waals surface area contributed by atoms with Gasteiger partial charge in [-0.25, -0.2) is 0 Å². The molecule has 0 aromatic heterocycles. The Hall–Kier alpha value is 0.370. The molecule has 0 aliphatic heterocycles. The summed E-state index contributed by atoms with van der Waals surface area (Å²) >= 11 is 0. The Kier molecular flexibility index (Phi) is 419000. The Labute approximate surface area is 46.9 Å². The Morgan fingerprint density at radius 1 is 0.429 bits per heavy atom. The third-order valence-electron chi connectivity index (χ3n) is 0. The molecule has 0 aromatic carbocycles. The SMILES string of the molecule is Cl.F.F.F.F.F.P. The molecule has 0 aliphatic rings. The fraction of sp³-hybridized carbons (Fsp3) is 0. The minimum absolute atomic E-state index is 0. The van der Waals surface area contributed by atoms with Gasteiger partial charge in [-0.05, 0) is 0 Å². The lowest BCUT2D eigenvalue weighted by Crippen LogP contribution is 0.419. The lowest BCUT2D eigenvalue weighted by molar-refractivity contribution is 1.11. The molecule has 0 spiro atoms. The molecule has 0 saturated heterocycles. The summed E-state index contributed by atoms with van der Waals surface area (Å²) in [6.07, 6.45) is 0. The molecule has 0 saturated carbocycles. The van der Waals surface area contributed by atoms with Crippen LogP contribution in [-0.2, 0) is 0 Å². The van der Waals surface area contributed by atoms with E-state index >= 15 is 0 Å². The Morgan fingerprint density at radius 2 is 0.429 bits per heavy atom. The van der Waals surface area contributed by atoms with Crippen LogP contribution in [0.25, 0.3) is 0 Å². The average Bonchev–Trinajstić information content (AvgIpc) is 0. The first-order chi connectivity index (χ1) is 0. The second-order valence-corrected chi connectivity index (χ2v) is 0. The van der Waals surface area contributed by atoms with Crippen LogP contribution in [0.2, 0.25) is 0 Å². The molecule has 0 N–H and O–H groups in total. The standard InChI is InChI=1S/ClH.5FH.H3P/h6*1H;1H3. The molecular weight excluding hydrogens is 161 g/mol. The number of halogens is 6. The van der Waals surface area contributed by atoms with E-state index in [-0.39, 0.29) is 45.8 Å². The fourth-order valence-electron chi connectivity index (χ4n) is 0. The number of hydrogen-bond donors (Lipinski definition) is 0. The highest BCUT2D eigenvalue weighted by Gasteiger charge is -0.146. The zero-order valence-corrected chi connectivity index (χ0v) is 5.39. The molecule has 0 heterocycles. The molecule has 56 valence electrons. The highest BCUT2D eigenvalue weighted by Crippen LogP contribution is 0.861. The van der Waals surface area contributed by atoms with Crippen molar-refractivity contribution in [1.82, 2.24) is 0 Å². The summed E-state index contributed by atoms with van der Waals surface area (Å²) in [5, 5.41) is 0. The lowest BCUT2D eigenvalue weighted by atomic mass is 19.0. The molecule has 0 fully saturated rings. The van der Waals surface area contributed by atoms with Crippen LogP contribution in [-0.4, -0.2) is 0 Å². The van der Waals surface area contributed by atoms with Crippen molar-refractivity contribution in [3.63, 3.8) is 0 Å². The van der Waals surface area contributed by atoms with Crippen molar-refractivity contribution in [3.05, 3.63) is 0 Å². The second kappa shape index (κ2) is 1340. The van der Waals surface area contributed by atoms with Crippen LogP contribution in [0, 0.1) is 0 Å². The summed E-state index contributed by atoms with van der Waals surface area (Å²) in [6.45, 7) is 0. The Morgan fingerprint density at radius 3 is 0.429 bits per heavy atom. The minimum Gasteiger partial charge on any atom is -0.269 e. The van der Waals surface area contributed by atoms with E-state index in [1.807, 2.05) is 0 Å². The summed E-state index contributed by atoms with van der Waals surface area (Å²) < 4.78 is 0. The van der Waals surface area contributed by atoms with Gasteiger partial charge in [0.2, 0.25) is 0 Å². The van der Waals surface area contributed by atoms with E-state index in [1.54, 1.807) is 0 Å². The Bertz CT molecular complexity index is 8.04. The van der Waals surface area contributed by atoms with Crippen molar-refractivity contribution in [2.75, 3.05) is 0 Å². The largest absolute Gasteiger partial charge is 0.269 e. The van der Waals surface area contributed by atoms with Gasteiger partial charge in [0.1, 0.15) is 0 Å². The van der Waals surface area contributed by atoms with E-state index in [4.69, 9.17) is 0 Å². The highest BCUT2D eigenvalue weighted by atomic mass is 35.5. The number of hydrogen-bond acceptors (Lipinski definition) is 0. The van der Waals surface area contributed by atoms with Gasteiger partial charge >= 0.3 is 0 Å². The maximum Gasteiger partial charge on any atom is -0.147 e. The van der Waals surface area contributed by atoms with Gasteiger partial charge in [-0.1, -0.05) is 0 Å². The first-order valence-electron chi connectivity index (χ1n) is 0. The van der Waals surface area contributed by atoms with Crippen LogP contribution in [0.3, 0.4) is 0 Å². The van der Waals surface area contributed by atoms with Crippen LogP contribution < -0.4 is 0 Å². The van der Waals surface area contributed by atoms with Gasteiger partial charge in [0, 0.05) is 0 Å². The topological polar surface area (TPSA) is 0 Å². The van der Waals surface area contributed by atoms with Crippen molar-refractivity contribution in [3.8, 4) is 0 Å². The fourth-order valence-corrected chi connectivity index (χ4v) is 0. The summed E-state index contributed by atoms with van der Waals surface area (Å²) in [5.74, 6) is 0. The van der Waals surface area contributed by atoms with Gasteiger partial charge in [-0.15, -0.1) is 12.4 Å². The monoisotopic (exact) mass is 170 g/mol. The maximum atomic E-state index is 0. The Balaban J connectivity index is 0. The summed E-state index contributed by atoms with van der Waals surface area (Å²) in [6, 6.07) is 0. The molecule has 0 nitrogen and oxygen atoms in total. The third kappa shape index (κ3) is 889. The van der Waals surface area contributed by atoms with Gasteiger partial charge in [-0.3, -0.25) is 23.5 Å². The van der Waals surface area contributed by atoms with Crippen LogP contribution in [0.15, 0.2) is 0 Å². The third-order valence-corrected chi connectivity index (χ3v) is 0. The first-order valence-corrected chi connectivity index (χ1v) is 0. The van der Waals surface area contributed by atoms with Crippen molar-refractivity contribution in [2.45, 2.75) is 0 Å². The van der Waals surface area contributed by atoms with E-state index in [1.165, 1.54) is 0 Å². The molecule has 0 rings (SSSR count). The van der Waals surface area contributed by atoms with E-state index in [2.05, 4.69) is 0 Å². The molecular formula is H9ClF5P. The minimum atomic E-state index is 0. The molecule has 0 aliphatic carbocycles. The molecule has 7 heteroatoms. The molecule has 0 aromatic rings. The predicted molar refractivity (Wildman–Crippen MR) is 30.9 cm³/mol. The van der Waals surface area contributed by atoms with Crippen LogP contribution >= 0.6 is 22.3 Å². The van der Waals surface area contributed by atoms with Crippen LogP contribution in [0.1, 0.15) is 0 Å². The molecule has 0 bridgehead atoms. The van der Waals surface area contributed by atoms with Crippen molar-refractivity contribution >= 4 is 22.3 Å². The lowest BCUT2D eigenvalue weighted by Gasteiger charge is -0.270. The molecule has 0 radical (unpaired) electrons. The van der Waals surface area contributed by atoms with Gasteiger partial charge < -0.3 is 0 Å². The maximum absolute atomic E-state index is 0. The van der Waals surface area contributed by atoms with Gasteiger partial charge in [0.25, 0.3) is 0 Å². The smallest absolute Gasteiger partial charge is 0.147 e. The average molecular weight is 170 g/mol. The quantitative estimate of drug-likeness (QED) is 0.379. The zero-order chi connectivity index (χ0) is 0. The van der Waals surface area contributed by atoms with Crippen molar-refractivity contribution in [2.24, 2.45) is 0 Å². The van der Waals surface area contributed by atoms with Gasteiger partial charge in [0.05, 0.1) is 0 Å².